The van der Waals surface area contributed by atoms with Crippen LogP contribution in [0.25, 0.3) is 11.1 Å². The van der Waals surface area contributed by atoms with Crippen molar-refractivity contribution in [2.75, 3.05) is 0 Å². The summed E-state index contributed by atoms with van der Waals surface area (Å²) in [6.45, 7) is 0. The highest BCUT2D eigenvalue weighted by Gasteiger charge is 2.27. The van der Waals surface area contributed by atoms with Gasteiger partial charge in [0.15, 0.2) is 6.29 Å². The zero-order chi connectivity index (χ0) is 13.9. The molecule has 0 saturated heterocycles. The Bertz CT molecular complexity index is 571. The Morgan fingerprint density at radius 3 is 2.16 bits per heavy atom. The average Bonchev–Trinajstić information content (AvgIpc) is 2.38. The van der Waals surface area contributed by atoms with Crippen LogP contribution in [-0.2, 0) is 6.42 Å². The second kappa shape index (κ2) is 5.26. The molecule has 0 heterocycles. The van der Waals surface area contributed by atoms with Crippen molar-refractivity contribution in [3.05, 3.63) is 59.7 Å². The molecule has 0 aliphatic carbocycles. The lowest BCUT2D eigenvalue weighted by Crippen LogP contribution is -2.11. The second-order valence-corrected chi connectivity index (χ2v) is 4.19. The summed E-state index contributed by atoms with van der Waals surface area (Å²) in [6, 6.07) is 13.0. The molecule has 0 fully saturated rings. The molecule has 0 spiro atoms. The lowest BCUT2D eigenvalue weighted by Gasteiger charge is -2.08. The smallest absolute Gasteiger partial charge is 0.298 e. The van der Waals surface area contributed by atoms with E-state index in [1.807, 2.05) is 0 Å². The third-order valence-corrected chi connectivity index (χ3v) is 2.76. The number of alkyl halides is 3. The molecule has 0 saturated carbocycles. The van der Waals surface area contributed by atoms with Gasteiger partial charge < -0.3 is 0 Å². The van der Waals surface area contributed by atoms with Crippen LogP contribution >= 0.6 is 0 Å². The maximum atomic E-state index is 12.2. The van der Waals surface area contributed by atoms with E-state index >= 15 is 0 Å². The highest BCUT2D eigenvalue weighted by atomic mass is 19.4. The minimum absolute atomic E-state index is 0.208. The van der Waals surface area contributed by atoms with Gasteiger partial charge in [0.2, 0.25) is 0 Å². The Labute approximate surface area is 108 Å². The van der Waals surface area contributed by atoms with Crippen LogP contribution in [0.2, 0.25) is 0 Å². The number of hydrogen-bond acceptors (Lipinski definition) is 1. The zero-order valence-electron chi connectivity index (χ0n) is 9.95. The van der Waals surface area contributed by atoms with Crippen LogP contribution in [-0.4, -0.2) is 12.5 Å². The molecule has 0 aliphatic heterocycles. The van der Waals surface area contributed by atoms with Gasteiger partial charge in [0.05, 0.1) is 6.42 Å². The Morgan fingerprint density at radius 1 is 0.947 bits per heavy atom. The quantitative estimate of drug-likeness (QED) is 0.756. The Kier molecular flexibility index (Phi) is 3.69. The molecule has 0 aromatic heterocycles. The van der Waals surface area contributed by atoms with E-state index in [4.69, 9.17) is 0 Å². The molecule has 2 aromatic rings. The number of rotatable bonds is 3. The van der Waals surface area contributed by atoms with Gasteiger partial charge in [-0.05, 0) is 16.7 Å². The molecule has 0 N–H and O–H groups in total. The van der Waals surface area contributed by atoms with Gasteiger partial charge >= 0.3 is 6.18 Å². The van der Waals surface area contributed by atoms with Crippen LogP contribution in [0.5, 0.6) is 0 Å². The van der Waals surface area contributed by atoms with Crippen LogP contribution in [0.15, 0.2) is 48.5 Å². The number of aldehydes is 1. The molecule has 19 heavy (non-hydrogen) atoms. The van der Waals surface area contributed by atoms with Gasteiger partial charge in [0.1, 0.15) is 0 Å². The number of halogens is 3. The fraction of sp³-hybridized carbons (Fsp3) is 0.133. The van der Waals surface area contributed by atoms with Crippen molar-refractivity contribution in [1.82, 2.24) is 0 Å². The summed E-state index contributed by atoms with van der Waals surface area (Å²) >= 11 is 0. The summed E-state index contributed by atoms with van der Waals surface area (Å²) in [5, 5.41) is 0. The average molecular weight is 264 g/mol. The first kappa shape index (κ1) is 13.3. The number of hydrogen-bond donors (Lipinski definition) is 0. The summed E-state index contributed by atoms with van der Waals surface area (Å²) in [5.74, 6) is 0. The molecule has 0 bridgehead atoms. The molecule has 0 aliphatic rings. The van der Waals surface area contributed by atoms with Gasteiger partial charge in [-0.2, -0.15) is 13.2 Å². The predicted molar refractivity (Wildman–Crippen MR) is 67.0 cm³/mol. The van der Waals surface area contributed by atoms with Gasteiger partial charge in [-0.1, -0.05) is 48.5 Å². The van der Waals surface area contributed by atoms with Crippen molar-refractivity contribution >= 4 is 6.29 Å². The molecule has 2 rings (SSSR count). The molecule has 98 valence electrons. The molecule has 0 atom stereocenters. The molecule has 0 amide bonds. The fourth-order valence-corrected chi connectivity index (χ4v) is 1.90. The SMILES string of the molecule is O=Cc1ccccc1-c1ccc(CC(F)(F)F)cc1. The van der Waals surface area contributed by atoms with Crippen molar-refractivity contribution in [2.24, 2.45) is 0 Å². The minimum Gasteiger partial charge on any atom is -0.298 e. The molecule has 4 heteroatoms. The lowest BCUT2D eigenvalue weighted by atomic mass is 9.99. The van der Waals surface area contributed by atoms with E-state index in [1.54, 1.807) is 36.4 Å². The molecule has 0 radical (unpaired) electrons. The third kappa shape index (κ3) is 3.44. The van der Waals surface area contributed by atoms with E-state index in [0.717, 1.165) is 17.4 Å². The highest BCUT2D eigenvalue weighted by Crippen LogP contribution is 2.25. The molecular formula is C15H11F3O. The van der Waals surface area contributed by atoms with E-state index in [1.165, 1.54) is 12.1 Å². The third-order valence-electron chi connectivity index (χ3n) is 2.76. The van der Waals surface area contributed by atoms with Gasteiger partial charge in [-0.15, -0.1) is 0 Å². The first-order valence-electron chi connectivity index (χ1n) is 5.70. The zero-order valence-corrected chi connectivity index (χ0v) is 9.95. The first-order chi connectivity index (χ1) is 8.99. The largest absolute Gasteiger partial charge is 0.393 e. The van der Waals surface area contributed by atoms with E-state index in [9.17, 15) is 18.0 Å². The normalized spacial score (nSPS) is 11.3. The first-order valence-corrected chi connectivity index (χ1v) is 5.70. The van der Waals surface area contributed by atoms with Gasteiger partial charge in [0, 0.05) is 5.56 Å². The van der Waals surface area contributed by atoms with Gasteiger partial charge in [-0.25, -0.2) is 0 Å². The summed E-state index contributed by atoms with van der Waals surface area (Å²) in [6.07, 6.45) is -4.41. The molecule has 2 aromatic carbocycles. The standard InChI is InChI=1S/C15H11F3O/c16-15(17,18)9-11-5-7-12(8-6-11)14-4-2-1-3-13(14)10-19/h1-8,10H,9H2. The summed E-state index contributed by atoms with van der Waals surface area (Å²) in [5.41, 5.74) is 2.18. The van der Waals surface area contributed by atoms with Crippen LogP contribution < -0.4 is 0 Å². The number of carbonyl (C=O) groups excluding carboxylic acids is 1. The predicted octanol–water partition coefficient (Wildman–Crippen LogP) is 4.27. The summed E-state index contributed by atoms with van der Waals surface area (Å²) in [4.78, 5) is 10.9. The number of carbonyl (C=O) groups is 1. The summed E-state index contributed by atoms with van der Waals surface area (Å²) < 4.78 is 36.7. The van der Waals surface area contributed by atoms with E-state index in [-0.39, 0.29) is 5.56 Å². The van der Waals surface area contributed by atoms with Crippen LogP contribution in [0.1, 0.15) is 15.9 Å². The van der Waals surface area contributed by atoms with Crippen molar-refractivity contribution in [3.8, 4) is 11.1 Å². The minimum atomic E-state index is -4.21. The summed E-state index contributed by atoms with van der Waals surface area (Å²) in [7, 11) is 0. The van der Waals surface area contributed by atoms with Gasteiger partial charge in [-0.3, -0.25) is 4.79 Å². The fourth-order valence-electron chi connectivity index (χ4n) is 1.90. The Balaban J connectivity index is 2.30. The molecule has 1 nitrogen and oxygen atoms in total. The lowest BCUT2D eigenvalue weighted by molar-refractivity contribution is -0.127. The highest BCUT2D eigenvalue weighted by molar-refractivity contribution is 5.87. The number of benzene rings is 2. The Morgan fingerprint density at radius 2 is 1.58 bits per heavy atom. The van der Waals surface area contributed by atoms with E-state index in [2.05, 4.69) is 0 Å². The van der Waals surface area contributed by atoms with E-state index < -0.39 is 12.6 Å². The topological polar surface area (TPSA) is 17.1 Å². The molecular weight excluding hydrogens is 253 g/mol. The van der Waals surface area contributed by atoms with Crippen molar-refractivity contribution < 1.29 is 18.0 Å². The maximum absolute atomic E-state index is 12.2. The Hall–Kier alpha value is -2.10. The maximum Gasteiger partial charge on any atom is 0.393 e. The van der Waals surface area contributed by atoms with Crippen LogP contribution in [0.4, 0.5) is 13.2 Å². The van der Waals surface area contributed by atoms with Crippen LogP contribution in [0.3, 0.4) is 0 Å². The molecule has 0 unspecified atom stereocenters. The van der Waals surface area contributed by atoms with Crippen molar-refractivity contribution in [3.63, 3.8) is 0 Å². The van der Waals surface area contributed by atoms with Gasteiger partial charge in [0.25, 0.3) is 0 Å². The van der Waals surface area contributed by atoms with Crippen molar-refractivity contribution in [2.45, 2.75) is 12.6 Å². The second-order valence-electron chi connectivity index (χ2n) is 4.19. The van der Waals surface area contributed by atoms with E-state index in [0.29, 0.717) is 5.56 Å². The van der Waals surface area contributed by atoms with Crippen molar-refractivity contribution in [1.29, 1.82) is 0 Å². The van der Waals surface area contributed by atoms with Crippen LogP contribution in [0, 0.1) is 0 Å². The monoisotopic (exact) mass is 264 g/mol.